The number of halogens is 2. The molecule has 1 aromatic rings. The number of hydrogen-bond acceptors (Lipinski definition) is 2. The summed E-state index contributed by atoms with van der Waals surface area (Å²) in [5.74, 6) is -1.10. The largest absolute Gasteiger partial charge is 0.391 e. The van der Waals surface area contributed by atoms with Gasteiger partial charge in [0.25, 0.3) is 5.91 Å². The molecule has 1 amide bonds. The van der Waals surface area contributed by atoms with Crippen molar-refractivity contribution in [3.8, 4) is 0 Å². The lowest BCUT2D eigenvalue weighted by atomic mass is 10.2. The highest BCUT2D eigenvalue weighted by Gasteiger charge is 2.12. The predicted molar refractivity (Wildman–Crippen MR) is 62.7 cm³/mol. The van der Waals surface area contributed by atoms with E-state index in [-0.39, 0.29) is 12.1 Å². The van der Waals surface area contributed by atoms with Crippen molar-refractivity contribution >= 4 is 21.8 Å². The van der Waals surface area contributed by atoms with Gasteiger partial charge in [-0.3, -0.25) is 4.79 Å². The molecule has 1 rings (SSSR count). The van der Waals surface area contributed by atoms with Crippen molar-refractivity contribution < 1.29 is 14.3 Å². The van der Waals surface area contributed by atoms with Gasteiger partial charge in [-0.15, -0.1) is 0 Å². The zero-order valence-corrected chi connectivity index (χ0v) is 10.4. The minimum absolute atomic E-state index is 0.0218. The summed E-state index contributed by atoms with van der Waals surface area (Å²) in [6.07, 6.45) is -0.0502. The van der Waals surface area contributed by atoms with Crippen molar-refractivity contribution in [3.05, 3.63) is 34.1 Å². The molecule has 0 fully saturated rings. The van der Waals surface area contributed by atoms with E-state index in [1.807, 2.05) is 0 Å². The molecule has 0 radical (unpaired) electrons. The predicted octanol–water partition coefficient (Wildman–Crippen LogP) is 2.09. The lowest BCUT2D eigenvalue weighted by Gasteiger charge is -2.09. The van der Waals surface area contributed by atoms with E-state index in [0.717, 1.165) is 0 Å². The highest BCUT2D eigenvalue weighted by molar-refractivity contribution is 9.10. The lowest BCUT2D eigenvalue weighted by Crippen LogP contribution is -2.32. The van der Waals surface area contributed by atoms with Crippen molar-refractivity contribution in [3.63, 3.8) is 0 Å². The first-order valence-electron chi connectivity index (χ1n) is 4.96. The summed E-state index contributed by atoms with van der Waals surface area (Å²) in [5.41, 5.74) is -0.0218. The maximum Gasteiger partial charge on any atom is 0.254 e. The van der Waals surface area contributed by atoms with Crippen LogP contribution in [0.4, 0.5) is 4.39 Å². The molecule has 1 unspecified atom stereocenters. The van der Waals surface area contributed by atoms with E-state index in [0.29, 0.717) is 10.9 Å². The third-order valence-electron chi connectivity index (χ3n) is 2.15. The van der Waals surface area contributed by atoms with Gasteiger partial charge in [-0.2, -0.15) is 0 Å². The maximum atomic E-state index is 13.4. The Morgan fingerprint density at radius 2 is 2.31 bits per heavy atom. The molecule has 5 heteroatoms. The Balaban J connectivity index is 2.66. The lowest BCUT2D eigenvalue weighted by molar-refractivity contribution is 0.0910. The molecular weight excluding hydrogens is 277 g/mol. The number of aliphatic hydroxyl groups is 1. The van der Waals surface area contributed by atoms with Gasteiger partial charge >= 0.3 is 0 Å². The first-order valence-corrected chi connectivity index (χ1v) is 5.75. The van der Waals surface area contributed by atoms with Crippen molar-refractivity contribution in [1.29, 1.82) is 0 Å². The van der Waals surface area contributed by atoms with Gasteiger partial charge in [0.15, 0.2) is 0 Å². The van der Waals surface area contributed by atoms with Crippen LogP contribution in [0.1, 0.15) is 23.7 Å². The van der Waals surface area contributed by atoms with Gasteiger partial charge in [-0.25, -0.2) is 4.39 Å². The molecule has 0 saturated carbocycles. The third-order valence-corrected chi connectivity index (χ3v) is 2.64. The summed E-state index contributed by atoms with van der Waals surface area (Å²) in [6.45, 7) is 1.93. The summed E-state index contributed by atoms with van der Waals surface area (Å²) in [4.78, 5) is 11.5. The second kappa shape index (κ2) is 5.96. The number of benzene rings is 1. The molecular formula is C11H13BrFNO2. The fraction of sp³-hybridized carbons (Fsp3) is 0.364. The fourth-order valence-electron chi connectivity index (χ4n) is 1.12. The van der Waals surface area contributed by atoms with E-state index >= 15 is 0 Å². The molecule has 0 bridgehead atoms. The molecule has 88 valence electrons. The molecule has 3 nitrogen and oxygen atoms in total. The van der Waals surface area contributed by atoms with Crippen LogP contribution in [0.25, 0.3) is 0 Å². The van der Waals surface area contributed by atoms with Gasteiger partial charge in [0, 0.05) is 11.0 Å². The Bertz CT molecular complexity index is 384. The van der Waals surface area contributed by atoms with Crippen LogP contribution in [-0.4, -0.2) is 23.7 Å². The van der Waals surface area contributed by atoms with Crippen LogP contribution < -0.4 is 5.32 Å². The van der Waals surface area contributed by atoms with Crippen molar-refractivity contribution in [2.45, 2.75) is 19.4 Å². The number of rotatable bonds is 4. The van der Waals surface area contributed by atoms with Gasteiger partial charge < -0.3 is 10.4 Å². The molecule has 0 heterocycles. The number of carbonyl (C=O) groups is 1. The summed E-state index contributed by atoms with van der Waals surface area (Å²) >= 11 is 3.11. The zero-order chi connectivity index (χ0) is 12.1. The summed E-state index contributed by atoms with van der Waals surface area (Å²) in [7, 11) is 0. The Morgan fingerprint density at radius 1 is 1.62 bits per heavy atom. The Morgan fingerprint density at radius 3 is 2.88 bits per heavy atom. The normalized spacial score (nSPS) is 12.2. The van der Waals surface area contributed by atoms with Crippen LogP contribution in [0.2, 0.25) is 0 Å². The maximum absolute atomic E-state index is 13.4. The number of hydrogen-bond donors (Lipinski definition) is 2. The number of carbonyl (C=O) groups excluding carboxylic acids is 1. The van der Waals surface area contributed by atoms with E-state index in [1.165, 1.54) is 12.1 Å². The SMILES string of the molecule is CCC(O)CNC(=O)c1ccc(Br)cc1F. The number of nitrogens with one attached hydrogen (secondary N) is 1. The van der Waals surface area contributed by atoms with Crippen LogP contribution in [-0.2, 0) is 0 Å². The van der Waals surface area contributed by atoms with E-state index in [9.17, 15) is 14.3 Å². The first-order chi connectivity index (χ1) is 7.54. The van der Waals surface area contributed by atoms with Crippen LogP contribution in [0, 0.1) is 5.82 Å². The molecule has 0 saturated heterocycles. The molecule has 1 aromatic carbocycles. The van der Waals surface area contributed by atoms with E-state index in [1.54, 1.807) is 13.0 Å². The van der Waals surface area contributed by atoms with Crippen LogP contribution in [0.5, 0.6) is 0 Å². The molecule has 0 aliphatic carbocycles. The fourth-order valence-corrected chi connectivity index (χ4v) is 1.46. The van der Waals surface area contributed by atoms with Gasteiger partial charge in [0.1, 0.15) is 5.82 Å². The second-order valence-electron chi connectivity index (χ2n) is 3.40. The minimum atomic E-state index is -0.595. The first kappa shape index (κ1) is 13.1. The minimum Gasteiger partial charge on any atom is -0.391 e. The standard InChI is InChI=1S/C11H13BrFNO2/c1-2-8(15)6-14-11(16)9-4-3-7(12)5-10(9)13/h3-5,8,15H,2,6H2,1H3,(H,14,16). The Labute approximate surface area is 102 Å². The van der Waals surface area contributed by atoms with Crippen molar-refractivity contribution in [1.82, 2.24) is 5.32 Å². The quantitative estimate of drug-likeness (QED) is 0.892. The van der Waals surface area contributed by atoms with Gasteiger partial charge in [-0.1, -0.05) is 22.9 Å². The van der Waals surface area contributed by atoms with E-state index in [2.05, 4.69) is 21.2 Å². The topological polar surface area (TPSA) is 49.3 Å². The highest BCUT2D eigenvalue weighted by Crippen LogP contribution is 2.15. The molecule has 1 atom stereocenters. The molecule has 2 N–H and O–H groups in total. The smallest absolute Gasteiger partial charge is 0.254 e. The molecule has 0 aliphatic heterocycles. The Hall–Kier alpha value is -0.940. The summed E-state index contributed by atoms with van der Waals surface area (Å²) < 4.78 is 13.9. The van der Waals surface area contributed by atoms with Crippen LogP contribution >= 0.6 is 15.9 Å². The highest BCUT2D eigenvalue weighted by atomic mass is 79.9. The number of amides is 1. The average molecular weight is 290 g/mol. The van der Waals surface area contributed by atoms with E-state index < -0.39 is 17.8 Å². The average Bonchev–Trinajstić information content (AvgIpc) is 2.25. The van der Waals surface area contributed by atoms with Crippen molar-refractivity contribution in [2.24, 2.45) is 0 Å². The van der Waals surface area contributed by atoms with E-state index in [4.69, 9.17) is 0 Å². The summed E-state index contributed by atoms with van der Waals surface area (Å²) in [6, 6.07) is 4.21. The summed E-state index contributed by atoms with van der Waals surface area (Å²) in [5, 5.41) is 11.7. The van der Waals surface area contributed by atoms with Gasteiger partial charge in [-0.05, 0) is 24.6 Å². The Kier molecular flexibility index (Phi) is 4.89. The molecule has 16 heavy (non-hydrogen) atoms. The molecule has 0 aromatic heterocycles. The van der Waals surface area contributed by atoms with Crippen LogP contribution in [0.15, 0.2) is 22.7 Å². The number of aliphatic hydroxyl groups excluding tert-OH is 1. The molecule has 0 aliphatic rings. The zero-order valence-electron chi connectivity index (χ0n) is 8.84. The monoisotopic (exact) mass is 289 g/mol. The van der Waals surface area contributed by atoms with Gasteiger partial charge in [0.2, 0.25) is 0 Å². The van der Waals surface area contributed by atoms with Crippen LogP contribution in [0.3, 0.4) is 0 Å². The third kappa shape index (κ3) is 3.57. The van der Waals surface area contributed by atoms with Crippen molar-refractivity contribution in [2.75, 3.05) is 6.54 Å². The van der Waals surface area contributed by atoms with Gasteiger partial charge in [0.05, 0.1) is 11.7 Å². The second-order valence-corrected chi connectivity index (χ2v) is 4.31. The molecule has 0 spiro atoms.